The molecule has 1 aliphatic rings. The largest absolute Gasteiger partial charge is 0.351 e. The van der Waals surface area contributed by atoms with Crippen LogP contribution in [0.25, 0.3) is 0 Å². The molecule has 1 aliphatic heterocycles. The number of nitrogens with zero attached hydrogens (tertiary/aromatic N) is 1. The molecule has 17 heavy (non-hydrogen) atoms. The second kappa shape index (κ2) is 4.69. The Morgan fingerprint density at radius 2 is 1.94 bits per heavy atom. The Morgan fingerprint density at radius 1 is 1.29 bits per heavy atom. The Morgan fingerprint density at radius 3 is 2.47 bits per heavy atom. The molecule has 92 valence electrons. The number of halogens is 2. The summed E-state index contributed by atoms with van der Waals surface area (Å²) in [5.41, 5.74) is 5.69. The van der Waals surface area contributed by atoms with Crippen LogP contribution in [0, 0.1) is 11.6 Å². The van der Waals surface area contributed by atoms with Crippen LogP contribution in [0.2, 0.25) is 0 Å². The van der Waals surface area contributed by atoms with Crippen molar-refractivity contribution >= 4 is 6.03 Å². The summed E-state index contributed by atoms with van der Waals surface area (Å²) in [7, 11) is 0. The topological polar surface area (TPSA) is 46.3 Å². The normalized spacial score (nSPS) is 17.2. The van der Waals surface area contributed by atoms with Gasteiger partial charge in [-0.3, -0.25) is 0 Å². The summed E-state index contributed by atoms with van der Waals surface area (Å²) in [4.78, 5) is 12.5. The number of rotatable bonds is 1. The van der Waals surface area contributed by atoms with Crippen LogP contribution in [0.5, 0.6) is 0 Å². The average Bonchev–Trinajstić information content (AvgIpc) is 2.29. The van der Waals surface area contributed by atoms with E-state index in [1.807, 2.05) is 0 Å². The molecule has 0 radical (unpaired) electrons. The highest BCUT2D eigenvalue weighted by Crippen LogP contribution is 2.29. The number of carbonyl (C=O) groups excluding carboxylic acids is 1. The zero-order valence-electron chi connectivity index (χ0n) is 9.33. The number of amides is 2. The molecule has 0 saturated carbocycles. The van der Waals surface area contributed by atoms with Gasteiger partial charge in [0.25, 0.3) is 0 Å². The lowest BCUT2D eigenvalue weighted by atomic mass is 9.89. The fourth-order valence-corrected chi connectivity index (χ4v) is 2.24. The number of nitrogens with two attached hydrogens (primary N) is 1. The number of benzene rings is 1. The maximum absolute atomic E-state index is 13.5. The maximum Gasteiger partial charge on any atom is 0.314 e. The predicted octanol–water partition coefficient (Wildman–Crippen LogP) is 2.22. The first-order chi connectivity index (χ1) is 8.08. The van der Waals surface area contributed by atoms with Gasteiger partial charge in [0.15, 0.2) is 0 Å². The van der Waals surface area contributed by atoms with Crippen LogP contribution >= 0.6 is 0 Å². The monoisotopic (exact) mass is 240 g/mol. The van der Waals surface area contributed by atoms with E-state index in [-0.39, 0.29) is 5.92 Å². The molecule has 1 heterocycles. The molecule has 5 heteroatoms. The van der Waals surface area contributed by atoms with Crippen molar-refractivity contribution in [3.05, 3.63) is 35.4 Å². The first-order valence-corrected chi connectivity index (χ1v) is 5.57. The zero-order chi connectivity index (χ0) is 12.4. The summed E-state index contributed by atoms with van der Waals surface area (Å²) in [6.45, 7) is 1.05. The molecule has 0 spiro atoms. The molecular formula is C12H14F2N2O. The SMILES string of the molecule is NC(=O)N1CCC(c2ccc(F)cc2F)CC1. The van der Waals surface area contributed by atoms with Crippen molar-refractivity contribution in [2.45, 2.75) is 18.8 Å². The van der Waals surface area contributed by atoms with Crippen molar-refractivity contribution in [3.63, 3.8) is 0 Å². The van der Waals surface area contributed by atoms with E-state index in [2.05, 4.69) is 0 Å². The fraction of sp³-hybridized carbons (Fsp3) is 0.417. The van der Waals surface area contributed by atoms with Gasteiger partial charge in [0.2, 0.25) is 0 Å². The predicted molar refractivity (Wildman–Crippen MR) is 59.5 cm³/mol. The van der Waals surface area contributed by atoms with E-state index in [1.54, 1.807) is 0 Å². The van der Waals surface area contributed by atoms with Crippen molar-refractivity contribution in [1.29, 1.82) is 0 Å². The molecule has 2 amide bonds. The Balaban J connectivity index is 2.08. The fourth-order valence-electron chi connectivity index (χ4n) is 2.24. The number of hydrogen-bond acceptors (Lipinski definition) is 1. The van der Waals surface area contributed by atoms with E-state index < -0.39 is 17.7 Å². The number of hydrogen-bond donors (Lipinski definition) is 1. The summed E-state index contributed by atoms with van der Waals surface area (Å²) in [6, 6.07) is 3.20. The summed E-state index contributed by atoms with van der Waals surface area (Å²) >= 11 is 0. The lowest BCUT2D eigenvalue weighted by Crippen LogP contribution is -2.41. The molecule has 0 aliphatic carbocycles. The number of urea groups is 1. The highest BCUT2D eigenvalue weighted by atomic mass is 19.1. The second-order valence-electron chi connectivity index (χ2n) is 4.27. The van der Waals surface area contributed by atoms with Crippen molar-refractivity contribution in [1.82, 2.24) is 4.90 Å². The summed E-state index contributed by atoms with van der Waals surface area (Å²) < 4.78 is 26.3. The Kier molecular flexibility index (Phi) is 3.26. The number of carbonyl (C=O) groups is 1. The molecule has 0 atom stereocenters. The van der Waals surface area contributed by atoms with E-state index in [0.717, 1.165) is 6.07 Å². The average molecular weight is 240 g/mol. The lowest BCUT2D eigenvalue weighted by molar-refractivity contribution is 0.190. The van der Waals surface area contributed by atoms with Gasteiger partial charge >= 0.3 is 6.03 Å². The van der Waals surface area contributed by atoms with Gasteiger partial charge in [-0.25, -0.2) is 13.6 Å². The minimum atomic E-state index is -0.569. The zero-order valence-corrected chi connectivity index (χ0v) is 9.33. The number of piperidine rings is 1. The molecule has 2 N–H and O–H groups in total. The van der Waals surface area contributed by atoms with Gasteiger partial charge in [0.1, 0.15) is 11.6 Å². The van der Waals surface area contributed by atoms with Crippen LogP contribution in [0.3, 0.4) is 0 Å². The van der Waals surface area contributed by atoms with Crippen LogP contribution in [-0.2, 0) is 0 Å². The van der Waals surface area contributed by atoms with E-state index in [0.29, 0.717) is 31.5 Å². The highest BCUT2D eigenvalue weighted by molar-refractivity contribution is 5.72. The molecule has 1 aromatic carbocycles. The molecule has 0 bridgehead atoms. The highest BCUT2D eigenvalue weighted by Gasteiger charge is 2.24. The van der Waals surface area contributed by atoms with Crippen LogP contribution in [-0.4, -0.2) is 24.0 Å². The first kappa shape index (κ1) is 11.8. The number of primary amides is 1. The first-order valence-electron chi connectivity index (χ1n) is 5.57. The van der Waals surface area contributed by atoms with E-state index in [9.17, 15) is 13.6 Å². The molecule has 0 aromatic heterocycles. The van der Waals surface area contributed by atoms with Gasteiger partial charge < -0.3 is 10.6 Å². The van der Waals surface area contributed by atoms with Gasteiger partial charge in [-0.2, -0.15) is 0 Å². The lowest BCUT2D eigenvalue weighted by Gasteiger charge is -2.31. The smallest absolute Gasteiger partial charge is 0.314 e. The van der Waals surface area contributed by atoms with Gasteiger partial charge in [0.05, 0.1) is 0 Å². The van der Waals surface area contributed by atoms with Gasteiger partial charge in [-0.05, 0) is 30.4 Å². The van der Waals surface area contributed by atoms with Crippen LogP contribution in [0.4, 0.5) is 13.6 Å². The Hall–Kier alpha value is -1.65. The van der Waals surface area contributed by atoms with Crippen LogP contribution < -0.4 is 5.73 Å². The van der Waals surface area contributed by atoms with Gasteiger partial charge in [-0.1, -0.05) is 6.07 Å². The number of likely N-dealkylation sites (tertiary alicyclic amines) is 1. The molecule has 0 unspecified atom stereocenters. The van der Waals surface area contributed by atoms with Crippen molar-refractivity contribution < 1.29 is 13.6 Å². The van der Waals surface area contributed by atoms with Gasteiger partial charge in [-0.15, -0.1) is 0 Å². The Labute approximate surface area is 98.2 Å². The van der Waals surface area contributed by atoms with Crippen molar-refractivity contribution in [2.75, 3.05) is 13.1 Å². The molecule has 2 rings (SSSR count). The maximum atomic E-state index is 13.5. The second-order valence-corrected chi connectivity index (χ2v) is 4.27. The van der Waals surface area contributed by atoms with E-state index in [1.165, 1.54) is 17.0 Å². The summed E-state index contributed by atoms with van der Waals surface area (Å²) in [6.07, 6.45) is 1.32. The minimum Gasteiger partial charge on any atom is -0.351 e. The van der Waals surface area contributed by atoms with Crippen molar-refractivity contribution in [2.24, 2.45) is 5.73 Å². The molecule has 1 saturated heterocycles. The van der Waals surface area contributed by atoms with Gasteiger partial charge in [0, 0.05) is 19.2 Å². The Bertz CT molecular complexity index is 429. The van der Waals surface area contributed by atoms with E-state index in [4.69, 9.17) is 5.73 Å². The van der Waals surface area contributed by atoms with Crippen LogP contribution in [0.1, 0.15) is 24.3 Å². The van der Waals surface area contributed by atoms with Crippen LogP contribution in [0.15, 0.2) is 18.2 Å². The molecule has 3 nitrogen and oxygen atoms in total. The van der Waals surface area contributed by atoms with E-state index >= 15 is 0 Å². The summed E-state index contributed by atoms with van der Waals surface area (Å²) in [5.74, 6) is -1.05. The quantitative estimate of drug-likeness (QED) is 0.803. The third-order valence-electron chi connectivity index (χ3n) is 3.21. The molecule has 1 aromatic rings. The minimum absolute atomic E-state index is 0.0335. The third kappa shape index (κ3) is 2.54. The molecule has 1 fully saturated rings. The summed E-state index contributed by atoms with van der Waals surface area (Å²) in [5, 5.41) is 0. The van der Waals surface area contributed by atoms with Crippen molar-refractivity contribution in [3.8, 4) is 0 Å². The molecular weight excluding hydrogens is 226 g/mol. The third-order valence-corrected chi connectivity index (χ3v) is 3.21. The standard InChI is InChI=1S/C12H14F2N2O/c13-9-1-2-10(11(14)7-9)8-3-5-16(6-4-8)12(15)17/h1-2,7-8H,3-6H2,(H2,15,17).